The van der Waals surface area contributed by atoms with E-state index in [4.69, 9.17) is 10.6 Å². The Labute approximate surface area is 128 Å². The summed E-state index contributed by atoms with van der Waals surface area (Å²) in [5, 5.41) is 5.23. The van der Waals surface area contributed by atoms with Gasteiger partial charge in [0.25, 0.3) is 0 Å². The molecule has 6 nitrogen and oxygen atoms in total. The van der Waals surface area contributed by atoms with Gasteiger partial charge in [-0.25, -0.2) is 21.1 Å². The molecule has 1 aliphatic heterocycles. The zero-order chi connectivity index (χ0) is 15.6. The van der Waals surface area contributed by atoms with Crippen LogP contribution in [0.15, 0.2) is 65.8 Å². The van der Waals surface area contributed by atoms with Crippen molar-refractivity contribution in [2.45, 2.75) is 5.72 Å². The zero-order valence-electron chi connectivity index (χ0n) is 12.1. The fraction of sp³-hybridized carbons (Fsp3) is 0.125. The second-order valence-electron chi connectivity index (χ2n) is 4.83. The Balaban J connectivity index is 2.24. The summed E-state index contributed by atoms with van der Waals surface area (Å²) in [6.07, 6.45) is 0. The van der Waals surface area contributed by atoms with Crippen molar-refractivity contribution in [2.24, 2.45) is 10.9 Å². The fourth-order valence-corrected chi connectivity index (χ4v) is 2.60. The van der Waals surface area contributed by atoms with Crippen molar-refractivity contribution in [3.05, 3.63) is 71.8 Å². The number of urea groups is 1. The van der Waals surface area contributed by atoms with E-state index in [0.29, 0.717) is 5.71 Å². The van der Waals surface area contributed by atoms with Gasteiger partial charge in [-0.3, -0.25) is 0 Å². The van der Waals surface area contributed by atoms with Gasteiger partial charge in [0, 0.05) is 18.2 Å². The summed E-state index contributed by atoms with van der Waals surface area (Å²) < 4.78 is 5.72. The van der Waals surface area contributed by atoms with Gasteiger partial charge in [0.1, 0.15) is 5.71 Å². The average Bonchev–Trinajstić information content (AvgIpc) is 2.59. The highest BCUT2D eigenvalue weighted by Gasteiger charge is 2.49. The molecular weight excluding hydrogens is 280 g/mol. The molecule has 1 heterocycles. The minimum atomic E-state index is -1.29. The second-order valence-corrected chi connectivity index (χ2v) is 4.83. The molecule has 3 rings (SSSR count). The molecule has 6 heteroatoms. The molecule has 1 atom stereocenters. The second kappa shape index (κ2) is 5.59. The minimum Gasteiger partial charge on any atom is -0.348 e. The van der Waals surface area contributed by atoms with Gasteiger partial charge in [-0.05, 0) is 0 Å². The van der Waals surface area contributed by atoms with Gasteiger partial charge in [-0.1, -0.05) is 60.7 Å². The van der Waals surface area contributed by atoms with Gasteiger partial charge >= 0.3 is 6.03 Å². The number of nitrogens with two attached hydrogens (primary N) is 1. The monoisotopic (exact) mass is 296 g/mol. The van der Waals surface area contributed by atoms with Crippen LogP contribution in [0.25, 0.3) is 0 Å². The highest BCUT2D eigenvalue weighted by Crippen LogP contribution is 2.33. The number of nitrogens with zero attached hydrogens (tertiary/aromatic N) is 2. The van der Waals surface area contributed by atoms with Crippen LogP contribution < -0.4 is 11.3 Å². The molecule has 0 spiro atoms. The zero-order valence-corrected chi connectivity index (χ0v) is 12.1. The summed E-state index contributed by atoms with van der Waals surface area (Å²) in [7, 11) is 1.50. The van der Waals surface area contributed by atoms with Crippen LogP contribution in [-0.2, 0) is 10.5 Å². The van der Waals surface area contributed by atoms with Gasteiger partial charge in [0.15, 0.2) is 0 Å². The van der Waals surface area contributed by atoms with Gasteiger partial charge < -0.3 is 4.74 Å². The first-order valence-corrected chi connectivity index (χ1v) is 6.79. The minimum absolute atomic E-state index is 0.518. The molecule has 0 fully saturated rings. The van der Waals surface area contributed by atoms with E-state index < -0.39 is 11.8 Å². The molecule has 0 bridgehead atoms. The molecule has 2 aromatic carbocycles. The Morgan fingerprint density at radius 2 is 1.68 bits per heavy atom. The van der Waals surface area contributed by atoms with Crippen LogP contribution in [0.4, 0.5) is 4.79 Å². The Morgan fingerprint density at radius 1 is 1.09 bits per heavy atom. The number of hydrogen-bond donors (Lipinski definition) is 2. The lowest BCUT2D eigenvalue weighted by Gasteiger charge is -2.42. The summed E-state index contributed by atoms with van der Waals surface area (Å²) in [6, 6.07) is 18.2. The Morgan fingerprint density at radius 3 is 2.27 bits per heavy atom. The van der Waals surface area contributed by atoms with Crippen LogP contribution in [0.3, 0.4) is 0 Å². The van der Waals surface area contributed by atoms with Crippen molar-refractivity contribution in [1.82, 2.24) is 10.4 Å². The molecule has 3 N–H and O–H groups in total. The van der Waals surface area contributed by atoms with Crippen molar-refractivity contribution in [3.8, 4) is 0 Å². The molecule has 2 amide bonds. The summed E-state index contributed by atoms with van der Waals surface area (Å²) in [5.74, 6) is 6.04. The first-order chi connectivity index (χ1) is 10.7. The van der Waals surface area contributed by atoms with Crippen molar-refractivity contribution in [2.75, 3.05) is 7.11 Å². The maximum atomic E-state index is 12.0. The highest BCUT2D eigenvalue weighted by molar-refractivity contribution is 6.09. The fourth-order valence-electron chi connectivity index (χ4n) is 2.60. The van der Waals surface area contributed by atoms with Crippen LogP contribution in [0.2, 0.25) is 0 Å². The van der Waals surface area contributed by atoms with E-state index in [2.05, 4.69) is 10.5 Å². The first-order valence-electron chi connectivity index (χ1n) is 6.79. The molecule has 22 heavy (non-hydrogen) atoms. The lowest BCUT2D eigenvalue weighted by atomic mass is 9.91. The number of hydrazone groups is 1. The Kier molecular flexibility index (Phi) is 3.62. The molecule has 1 aliphatic rings. The summed E-state index contributed by atoms with van der Waals surface area (Å²) in [5.41, 5.74) is 3.17. The summed E-state index contributed by atoms with van der Waals surface area (Å²) in [6.45, 7) is 0. The number of carbonyl (C=O) groups is 1. The van der Waals surface area contributed by atoms with Crippen LogP contribution in [0, 0.1) is 0 Å². The molecule has 0 aromatic heterocycles. The first kappa shape index (κ1) is 14.2. The van der Waals surface area contributed by atoms with E-state index in [1.165, 1.54) is 7.11 Å². The lowest BCUT2D eigenvalue weighted by molar-refractivity contribution is -0.0684. The summed E-state index contributed by atoms with van der Waals surface area (Å²) in [4.78, 5) is 12.0. The molecule has 0 radical (unpaired) electrons. The molecule has 0 saturated carbocycles. The maximum Gasteiger partial charge on any atom is 0.355 e. The molecule has 0 saturated heterocycles. The van der Waals surface area contributed by atoms with Crippen LogP contribution in [-0.4, -0.2) is 23.9 Å². The van der Waals surface area contributed by atoms with E-state index in [-0.39, 0.29) is 0 Å². The van der Waals surface area contributed by atoms with E-state index in [1.807, 2.05) is 60.7 Å². The Hall–Kier alpha value is -2.70. The molecule has 0 unspecified atom stereocenters. The quantitative estimate of drug-likeness (QED) is 0.669. The van der Waals surface area contributed by atoms with E-state index in [1.54, 1.807) is 0 Å². The van der Waals surface area contributed by atoms with Crippen molar-refractivity contribution >= 4 is 11.7 Å². The SMILES string of the molecule is CO[C@@]1(c2ccccc2)C(c2ccccc2)=NNC(=O)N1N. The number of hydrogen-bond acceptors (Lipinski definition) is 4. The Bertz CT molecular complexity index is 703. The number of methoxy groups -OCH3 is 1. The predicted molar refractivity (Wildman–Crippen MR) is 82.7 cm³/mol. The third-order valence-electron chi connectivity index (χ3n) is 3.65. The predicted octanol–water partition coefficient (Wildman–Crippen LogP) is 1.79. The standard InChI is InChI=1S/C16H16N4O2/c1-22-16(13-10-6-3-7-11-13)14(12-8-4-2-5-9-12)18-19-15(21)20(16)17/h2-11H,17H2,1H3,(H,19,21)/t16-/m0/s1. The topological polar surface area (TPSA) is 80.0 Å². The molecular formula is C16H16N4O2. The van der Waals surface area contributed by atoms with E-state index in [9.17, 15) is 4.79 Å². The number of hydrazine groups is 1. The van der Waals surface area contributed by atoms with Gasteiger partial charge in [0.2, 0.25) is 5.72 Å². The number of rotatable bonds is 3. The van der Waals surface area contributed by atoms with Crippen LogP contribution in [0.1, 0.15) is 11.1 Å². The third-order valence-corrected chi connectivity index (χ3v) is 3.65. The van der Waals surface area contributed by atoms with E-state index >= 15 is 0 Å². The van der Waals surface area contributed by atoms with Gasteiger partial charge in [0.05, 0.1) is 0 Å². The summed E-state index contributed by atoms with van der Waals surface area (Å²) >= 11 is 0. The van der Waals surface area contributed by atoms with E-state index in [0.717, 1.165) is 16.1 Å². The van der Waals surface area contributed by atoms with Crippen molar-refractivity contribution in [3.63, 3.8) is 0 Å². The van der Waals surface area contributed by atoms with Crippen molar-refractivity contribution < 1.29 is 9.53 Å². The molecule has 0 aliphatic carbocycles. The van der Waals surface area contributed by atoms with Crippen LogP contribution >= 0.6 is 0 Å². The average molecular weight is 296 g/mol. The van der Waals surface area contributed by atoms with Gasteiger partial charge in [-0.15, -0.1) is 0 Å². The third kappa shape index (κ3) is 2.05. The molecule has 112 valence electrons. The molecule has 2 aromatic rings. The smallest absolute Gasteiger partial charge is 0.348 e. The maximum absolute atomic E-state index is 12.0. The normalized spacial score (nSPS) is 21.3. The largest absolute Gasteiger partial charge is 0.355 e. The number of carbonyl (C=O) groups excluding carboxylic acids is 1. The van der Waals surface area contributed by atoms with Gasteiger partial charge in [-0.2, -0.15) is 5.10 Å². The number of amides is 2. The van der Waals surface area contributed by atoms with Crippen molar-refractivity contribution in [1.29, 1.82) is 0 Å². The van der Waals surface area contributed by atoms with Crippen LogP contribution in [0.5, 0.6) is 0 Å². The number of nitrogens with one attached hydrogen (secondary N) is 1. The highest BCUT2D eigenvalue weighted by atomic mass is 16.5. The number of benzene rings is 2. The number of ether oxygens (including phenoxy) is 1. The lowest BCUT2D eigenvalue weighted by Crippen LogP contribution is -2.64.